The van der Waals surface area contributed by atoms with Crippen LogP contribution >= 0.6 is 0 Å². The summed E-state index contributed by atoms with van der Waals surface area (Å²) in [7, 11) is 0. The van der Waals surface area contributed by atoms with E-state index in [1.807, 2.05) is 4.90 Å². The molecule has 2 aromatic carbocycles. The summed E-state index contributed by atoms with van der Waals surface area (Å²) < 4.78 is 72.1. The standard InChI is InChI=1S/C27H30F5N3O4/c1-16-13-34(20-2-4-23(29)22(11-20)26(37)38)6-7-35(14-16)21-3-5-24(39-15-21)25(36)33-12-17-8-18(27(30,31)32)10-19(28)9-17/h2,4,8-11,16,21,24H,3,5-7,12-15H2,1H3,(H,33,36)(H,37,38)/t16?,21-,24-/m1/s1. The number of nitrogens with one attached hydrogen (secondary N) is 1. The maximum Gasteiger partial charge on any atom is 0.416 e. The Morgan fingerprint density at radius 3 is 2.51 bits per heavy atom. The maximum atomic E-state index is 13.8. The molecule has 1 unspecified atom stereocenters. The highest BCUT2D eigenvalue weighted by molar-refractivity contribution is 5.89. The minimum Gasteiger partial charge on any atom is -0.478 e. The minimum atomic E-state index is -4.69. The molecule has 2 aliphatic rings. The number of hydrogen-bond donors (Lipinski definition) is 2. The molecule has 0 saturated carbocycles. The maximum absolute atomic E-state index is 13.8. The van der Waals surface area contributed by atoms with E-state index in [1.165, 1.54) is 6.07 Å². The highest BCUT2D eigenvalue weighted by atomic mass is 19.4. The van der Waals surface area contributed by atoms with Crippen LogP contribution in [0.4, 0.5) is 27.6 Å². The summed E-state index contributed by atoms with van der Waals surface area (Å²) >= 11 is 0. The molecule has 2 N–H and O–H groups in total. The van der Waals surface area contributed by atoms with Crippen molar-refractivity contribution in [2.45, 2.75) is 44.6 Å². The second kappa shape index (κ2) is 11.9. The zero-order chi connectivity index (χ0) is 28.3. The van der Waals surface area contributed by atoms with E-state index < -0.39 is 41.4 Å². The van der Waals surface area contributed by atoms with E-state index in [0.717, 1.165) is 24.7 Å². The Kier molecular flexibility index (Phi) is 8.75. The monoisotopic (exact) mass is 555 g/mol. The summed E-state index contributed by atoms with van der Waals surface area (Å²) in [5.74, 6) is -3.38. The smallest absolute Gasteiger partial charge is 0.416 e. The molecule has 0 aromatic heterocycles. The van der Waals surface area contributed by atoms with Crippen molar-refractivity contribution in [2.24, 2.45) is 5.92 Å². The van der Waals surface area contributed by atoms with Gasteiger partial charge in [-0.05, 0) is 60.7 Å². The van der Waals surface area contributed by atoms with Crippen LogP contribution in [-0.2, 0) is 22.3 Å². The highest BCUT2D eigenvalue weighted by Gasteiger charge is 2.33. The summed E-state index contributed by atoms with van der Waals surface area (Å²) in [6.45, 7) is 4.80. The van der Waals surface area contributed by atoms with Crippen LogP contribution in [-0.4, -0.2) is 66.8 Å². The lowest BCUT2D eigenvalue weighted by Gasteiger charge is -2.36. The van der Waals surface area contributed by atoms with Gasteiger partial charge in [-0.3, -0.25) is 9.69 Å². The van der Waals surface area contributed by atoms with Crippen LogP contribution in [0, 0.1) is 17.6 Å². The van der Waals surface area contributed by atoms with Crippen molar-refractivity contribution in [3.8, 4) is 0 Å². The Morgan fingerprint density at radius 1 is 1.08 bits per heavy atom. The van der Waals surface area contributed by atoms with Crippen molar-refractivity contribution in [3.63, 3.8) is 0 Å². The number of alkyl halides is 3. The molecule has 0 radical (unpaired) electrons. The van der Waals surface area contributed by atoms with E-state index in [4.69, 9.17) is 4.74 Å². The van der Waals surface area contributed by atoms with Gasteiger partial charge in [-0.15, -0.1) is 0 Å². The number of carboxylic acids is 1. The van der Waals surface area contributed by atoms with Crippen molar-refractivity contribution in [1.29, 1.82) is 0 Å². The number of rotatable bonds is 6. The van der Waals surface area contributed by atoms with Gasteiger partial charge in [-0.25, -0.2) is 13.6 Å². The predicted molar refractivity (Wildman–Crippen MR) is 132 cm³/mol. The number of halogens is 5. The first-order chi connectivity index (χ1) is 18.4. The third-order valence-corrected chi connectivity index (χ3v) is 7.09. The molecule has 2 saturated heterocycles. The van der Waals surface area contributed by atoms with Gasteiger partial charge < -0.3 is 20.1 Å². The first-order valence-electron chi connectivity index (χ1n) is 12.7. The molecule has 1 amide bonds. The number of carbonyl (C=O) groups excluding carboxylic acids is 1. The molecular formula is C27H30F5N3O4. The average molecular weight is 556 g/mol. The number of carbonyl (C=O) groups is 2. The van der Waals surface area contributed by atoms with E-state index in [1.54, 1.807) is 6.07 Å². The van der Waals surface area contributed by atoms with Gasteiger partial charge in [0.15, 0.2) is 0 Å². The van der Waals surface area contributed by atoms with Gasteiger partial charge in [0, 0.05) is 44.5 Å². The number of hydrogen-bond acceptors (Lipinski definition) is 5. The summed E-state index contributed by atoms with van der Waals surface area (Å²) in [6.07, 6.45) is -4.36. The Labute approximate surface area is 222 Å². The lowest BCUT2D eigenvalue weighted by atomic mass is 10.0. The minimum absolute atomic E-state index is 0.00380. The molecule has 7 nitrogen and oxygen atoms in total. The Bertz CT molecular complexity index is 1200. The van der Waals surface area contributed by atoms with Crippen molar-refractivity contribution in [2.75, 3.05) is 37.7 Å². The zero-order valence-electron chi connectivity index (χ0n) is 21.3. The first-order valence-corrected chi connectivity index (χ1v) is 12.7. The van der Waals surface area contributed by atoms with Crippen molar-refractivity contribution in [1.82, 2.24) is 10.2 Å². The number of amides is 1. The van der Waals surface area contributed by atoms with Crippen LogP contribution < -0.4 is 10.2 Å². The van der Waals surface area contributed by atoms with Crippen LogP contribution in [0.5, 0.6) is 0 Å². The molecule has 0 aliphatic carbocycles. The first kappa shape index (κ1) is 28.8. The molecular weight excluding hydrogens is 525 g/mol. The number of ether oxygens (including phenoxy) is 1. The summed E-state index contributed by atoms with van der Waals surface area (Å²) in [5.41, 5.74) is -0.844. The third-order valence-electron chi connectivity index (χ3n) is 7.09. The summed E-state index contributed by atoms with van der Waals surface area (Å²) in [6, 6.07) is 6.30. The molecule has 0 spiro atoms. The number of benzene rings is 2. The Balaban J connectivity index is 1.30. The number of aromatic carboxylic acids is 1. The molecule has 0 bridgehead atoms. The van der Waals surface area contributed by atoms with Gasteiger partial charge in [-0.1, -0.05) is 6.92 Å². The van der Waals surface area contributed by atoms with E-state index in [2.05, 4.69) is 17.1 Å². The number of nitrogens with zero attached hydrogens (tertiary/aromatic N) is 2. The Hall–Kier alpha value is -3.25. The topological polar surface area (TPSA) is 82.1 Å². The summed E-state index contributed by atoms with van der Waals surface area (Å²) in [4.78, 5) is 28.2. The van der Waals surface area contributed by atoms with Gasteiger partial charge in [0.2, 0.25) is 5.91 Å². The molecule has 3 atom stereocenters. The van der Waals surface area contributed by atoms with Crippen molar-refractivity contribution >= 4 is 17.6 Å². The molecule has 4 rings (SSSR count). The second-order valence-electron chi connectivity index (χ2n) is 10.1. The highest BCUT2D eigenvalue weighted by Crippen LogP contribution is 2.30. The van der Waals surface area contributed by atoms with Crippen molar-refractivity contribution in [3.05, 3.63) is 64.7 Å². The zero-order valence-corrected chi connectivity index (χ0v) is 21.3. The van der Waals surface area contributed by atoms with Crippen LogP contribution in [0.3, 0.4) is 0 Å². The van der Waals surface area contributed by atoms with Gasteiger partial charge in [0.1, 0.15) is 17.7 Å². The lowest BCUT2D eigenvalue weighted by Crippen LogP contribution is -2.48. The molecule has 12 heteroatoms. The van der Waals surface area contributed by atoms with Gasteiger partial charge in [-0.2, -0.15) is 13.2 Å². The van der Waals surface area contributed by atoms with E-state index in [0.29, 0.717) is 50.8 Å². The van der Waals surface area contributed by atoms with Crippen LogP contribution in [0.1, 0.15) is 41.3 Å². The van der Waals surface area contributed by atoms with Crippen LogP contribution in [0.15, 0.2) is 36.4 Å². The molecule has 2 aromatic rings. The molecule has 2 aliphatic heterocycles. The van der Waals surface area contributed by atoms with E-state index >= 15 is 0 Å². The number of carboxylic acid groups (broad SMARTS) is 1. The molecule has 39 heavy (non-hydrogen) atoms. The largest absolute Gasteiger partial charge is 0.478 e. The van der Waals surface area contributed by atoms with Gasteiger partial charge >= 0.3 is 12.1 Å². The lowest BCUT2D eigenvalue weighted by molar-refractivity contribution is -0.138. The third kappa shape index (κ3) is 7.24. The van der Waals surface area contributed by atoms with Gasteiger partial charge in [0.05, 0.1) is 17.7 Å². The normalized spacial score (nSPS) is 22.8. The second-order valence-corrected chi connectivity index (χ2v) is 10.1. The quantitative estimate of drug-likeness (QED) is 0.518. The number of anilines is 1. The average Bonchev–Trinajstić information content (AvgIpc) is 3.08. The predicted octanol–water partition coefficient (Wildman–Crippen LogP) is 4.30. The van der Waals surface area contributed by atoms with Crippen LogP contribution in [0.2, 0.25) is 0 Å². The van der Waals surface area contributed by atoms with E-state index in [9.17, 15) is 36.6 Å². The SMILES string of the molecule is CC1CN(c2ccc(F)c(C(=O)O)c2)CCN([C@@H]2CC[C@H](C(=O)NCc3cc(F)cc(C(F)(F)F)c3)OC2)C1. The fourth-order valence-corrected chi connectivity index (χ4v) is 5.16. The van der Waals surface area contributed by atoms with Gasteiger partial charge in [0.25, 0.3) is 0 Å². The Morgan fingerprint density at radius 2 is 1.85 bits per heavy atom. The van der Waals surface area contributed by atoms with E-state index in [-0.39, 0.29) is 29.6 Å². The molecule has 2 heterocycles. The fraction of sp³-hybridized carbons (Fsp3) is 0.481. The molecule has 2 fully saturated rings. The fourth-order valence-electron chi connectivity index (χ4n) is 5.16. The molecule has 212 valence electrons. The van der Waals surface area contributed by atoms with Crippen LogP contribution in [0.25, 0.3) is 0 Å². The van der Waals surface area contributed by atoms with Crippen molar-refractivity contribution < 1.29 is 41.4 Å². The summed E-state index contributed by atoms with van der Waals surface area (Å²) in [5, 5.41) is 11.8.